The highest BCUT2D eigenvalue weighted by Crippen LogP contribution is 2.10. The molecule has 3 N–H and O–H groups in total. The quantitative estimate of drug-likeness (QED) is 0.291. The highest BCUT2D eigenvalue weighted by Gasteiger charge is 2.05. The Morgan fingerprint density at radius 2 is 2.41 bits per heavy atom. The lowest BCUT2D eigenvalue weighted by molar-refractivity contribution is -0.500. The number of hydrazine groups is 1. The fourth-order valence-corrected chi connectivity index (χ4v) is 1.32. The third kappa shape index (κ3) is 4.56. The van der Waals surface area contributed by atoms with Crippen LogP contribution in [0.4, 0.5) is 5.69 Å². The Morgan fingerprint density at radius 1 is 1.65 bits per heavy atom. The first-order chi connectivity index (χ1) is 8.13. The van der Waals surface area contributed by atoms with Crippen LogP contribution in [0.5, 0.6) is 0 Å². The maximum Gasteiger partial charge on any atom is 0.270 e. The van der Waals surface area contributed by atoms with Gasteiger partial charge in [-0.3, -0.25) is 10.1 Å². The molecule has 0 bridgehead atoms. The van der Waals surface area contributed by atoms with E-state index in [1.165, 1.54) is 12.1 Å². The standard InChI is InChI=1S/C10H12N4O2S/c1-2-11-10(17)13-12-7-8-4-3-5-9(6-8)14(15)16/h3-7H,2H2,1H3,(H2,11,13,17)/p+1. The monoisotopic (exact) mass is 253 g/mol. The van der Waals surface area contributed by atoms with Crippen molar-refractivity contribution < 1.29 is 10.0 Å². The number of hydrogen-bond acceptors (Lipinski definition) is 3. The first-order valence-corrected chi connectivity index (χ1v) is 5.41. The molecule has 0 aromatic heterocycles. The predicted molar refractivity (Wildman–Crippen MR) is 68.6 cm³/mol. The third-order valence-corrected chi connectivity index (χ3v) is 2.09. The molecule has 17 heavy (non-hydrogen) atoms. The van der Waals surface area contributed by atoms with Gasteiger partial charge in [0, 0.05) is 24.2 Å². The van der Waals surface area contributed by atoms with Gasteiger partial charge in [0.05, 0.1) is 4.92 Å². The predicted octanol–water partition coefficient (Wildman–Crippen LogP) is -0.507. The molecule has 0 aliphatic heterocycles. The Balaban J connectivity index is 2.62. The molecular weight excluding hydrogens is 240 g/mol. The van der Waals surface area contributed by atoms with Crippen LogP contribution in [0, 0.1) is 10.1 Å². The number of nitro groups is 1. The van der Waals surface area contributed by atoms with Crippen molar-refractivity contribution in [3.05, 3.63) is 39.9 Å². The minimum absolute atomic E-state index is 0.0507. The van der Waals surface area contributed by atoms with Crippen molar-refractivity contribution in [2.45, 2.75) is 6.92 Å². The van der Waals surface area contributed by atoms with E-state index in [1.807, 2.05) is 6.92 Å². The van der Waals surface area contributed by atoms with Crippen molar-refractivity contribution in [1.29, 1.82) is 0 Å². The summed E-state index contributed by atoms with van der Waals surface area (Å²) in [6.07, 6.45) is 1.59. The van der Waals surface area contributed by atoms with Gasteiger partial charge in [-0.05, 0) is 25.2 Å². The summed E-state index contributed by atoms with van der Waals surface area (Å²) in [5.41, 5.74) is 3.46. The largest absolute Gasteiger partial charge is 0.359 e. The zero-order valence-electron chi connectivity index (χ0n) is 9.27. The van der Waals surface area contributed by atoms with Gasteiger partial charge in [0.25, 0.3) is 5.69 Å². The average molecular weight is 253 g/mol. The van der Waals surface area contributed by atoms with Crippen molar-refractivity contribution >= 4 is 29.2 Å². The number of non-ortho nitro benzene ring substituents is 1. The Morgan fingerprint density at radius 3 is 3.06 bits per heavy atom. The molecule has 90 valence electrons. The van der Waals surface area contributed by atoms with E-state index in [-0.39, 0.29) is 5.69 Å². The van der Waals surface area contributed by atoms with E-state index in [0.29, 0.717) is 10.7 Å². The van der Waals surface area contributed by atoms with Crippen molar-refractivity contribution in [3.63, 3.8) is 0 Å². The highest BCUT2D eigenvalue weighted by atomic mass is 32.1. The Hall–Kier alpha value is -2.02. The fourth-order valence-electron chi connectivity index (χ4n) is 1.12. The van der Waals surface area contributed by atoms with E-state index >= 15 is 0 Å². The molecule has 6 nitrogen and oxygen atoms in total. The minimum atomic E-state index is -0.436. The van der Waals surface area contributed by atoms with Crippen molar-refractivity contribution in [2.75, 3.05) is 6.54 Å². The van der Waals surface area contributed by atoms with E-state index < -0.39 is 4.92 Å². The molecule has 0 radical (unpaired) electrons. The average Bonchev–Trinajstić information content (AvgIpc) is 2.30. The summed E-state index contributed by atoms with van der Waals surface area (Å²) in [5, 5.41) is 16.7. The van der Waals surface area contributed by atoms with E-state index in [2.05, 4.69) is 15.8 Å². The number of hydrogen-bond donors (Lipinski definition) is 3. The van der Waals surface area contributed by atoms with Crippen LogP contribution in [0.15, 0.2) is 24.3 Å². The van der Waals surface area contributed by atoms with Crippen LogP contribution in [0.1, 0.15) is 12.5 Å². The maximum absolute atomic E-state index is 10.5. The molecule has 0 aliphatic rings. The number of thiocarbonyl (C=S) groups is 1. The number of nitro benzene ring substituents is 1. The van der Waals surface area contributed by atoms with Crippen molar-refractivity contribution in [2.24, 2.45) is 0 Å². The van der Waals surface area contributed by atoms with Gasteiger partial charge in [0.2, 0.25) is 5.11 Å². The SMILES string of the molecule is CCNC(=S)N[NH+]=Cc1cccc([N+](=O)[O-])c1. The maximum atomic E-state index is 10.5. The molecular formula is C10H13N4O2S+. The van der Waals surface area contributed by atoms with E-state index in [4.69, 9.17) is 12.2 Å². The molecule has 1 rings (SSSR count). The smallest absolute Gasteiger partial charge is 0.270 e. The Bertz CT molecular complexity index is 448. The molecule has 0 atom stereocenters. The van der Waals surface area contributed by atoms with Gasteiger partial charge in [-0.1, -0.05) is 6.07 Å². The van der Waals surface area contributed by atoms with Crippen molar-refractivity contribution in [3.8, 4) is 0 Å². The summed E-state index contributed by atoms with van der Waals surface area (Å²) in [4.78, 5) is 10.1. The lowest BCUT2D eigenvalue weighted by Crippen LogP contribution is -2.82. The molecule has 0 unspecified atom stereocenters. The Labute approximate surface area is 104 Å². The second-order valence-corrected chi connectivity index (χ2v) is 3.53. The van der Waals surface area contributed by atoms with Crippen LogP contribution in [-0.2, 0) is 0 Å². The summed E-state index contributed by atoms with van der Waals surface area (Å²) in [7, 11) is 0. The number of rotatable bonds is 4. The van der Waals surface area contributed by atoms with E-state index in [0.717, 1.165) is 6.54 Å². The first-order valence-electron chi connectivity index (χ1n) is 5.00. The van der Waals surface area contributed by atoms with Crippen LogP contribution in [0.2, 0.25) is 0 Å². The zero-order valence-corrected chi connectivity index (χ0v) is 10.1. The summed E-state index contributed by atoms with van der Waals surface area (Å²) in [5.74, 6) is 0. The van der Waals surface area contributed by atoms with E-state index in [9.17, 15) is 10.1 Å². The molecule has 1 aromatic rings. The topological polar surface area (TPSA) is 81.2 Å². The fraction of sp³-hybridized carbons (Fsp3) is 0.200. The van der Waals surface area contributed by atoms with Gasteiger partial charge in [-0.25, -0.2) is 0 Å². The minimum Gasteiger partial charge on any atom is -0.359 e. The van der Waals surface area contributed by atoms with Gasteiger partial charge in [-0.15, -0.1) is 10.5 Å². The van der Waals surface area contributed by atoms with Crippen molar-refractivity contribution in [1.82, 2.24) is 10.7 Å². The molecule has 0 amide bonds. The van der Waals surface area contributed by atoms with Crippen LogP contribution < -0.4 is 15.8 Å². The van der Waals surface area contributed by atoms with Gasteiger partial charge < -0.3 is 5.32 Å². The second kappa shape index (κ2) is 6.54. The number of nitrogens with zero attached hydrogens (tertiary/aromatic N) is 1. The second-order valence-electron chi connectivity index (χ2n) is 3.13. The molecule has 0 fully saturated rings. The van der Waals surface area contributed by atoms with Crippen LogP contribution in [-0.4, -0.2) is 22.8 Å². The van der Waals surface area contributed by atoms with Crippen LogP contribution >= 0.6 is 12.2 Å². The lowest BCUT2D eigenvalue weighted by Gasteiger charge is -1.98. The summed E-state index contributed by atoms with van der Waals surface area (Å²) in [6.45, 7) is 2.66. The van der Waals surface area contributed by atoms with Crippen LogP contribution in [0.25, 0.3) is 0 Å². The Kier molecular flexibility index (Phi) is 5.02. The lowest BCUT2D eigenvalue weighted by atomic mass is 10.2. The van der Waals surface area contributed by atoms with E-state index in [1.54, 1.807) is 18.3 Å². The highest BCUT2D eigenvalue weighted by molar-refractivity contribution is 7.80. The number of hydrazone groups is 1. The zero-order chi connectivity index (χ0) is 12.7. The first kappa shape index (κ1) is 13.0. The number of benzene rings is 1. The molecule has 0 spiro atoms. The van der Waals surface area contributed by atoms with Gasteiger partial charge in [0.15, 0.2) is 6.21 Å². The summed E-state index contributed by atoms with van der Waals surface area (Å²) < 4.78 is 0. The van der Waals surface area contributed by atoms with Gasteiger partial charge in [0.1, 0.15) is 0 Å². The molecule has 0 saturated heterocycles. The normalized spacial score (nSPS) is 10.2. The number of nitrogens with one attached hydrogen (secondary N) is 3. The summed E-state index contributed by atoms with van der Waals surface area (Å²) in [6, 6.07) is 6.27. The molecule has 0 saturated carbocycles. The summed E-state index contributed by atoms with van der Waals surface area (Å²) >= 11 is 4.92. The van der Waals surface area contributed by atoms with Gasteiger partial charge >= 0.3 is 0 Å². The molecule has 0 heterocycles. The molecule has 7 heteroatoms. The molecule has 1 aromatic carbocycles. The van der Waals surface area contributed by atoms with Gasteiger partial charge in [-0.2, -0.15) is 0 Å². The van der Waals surface area contributed by atoms with Crippen LogP contribution in [0.3, 0.4) is 0 Å². The molecule has 0 aliphatic carbocycles. The third-order valence-electron chi connectivity index (χ3n) is 1.84.